The van der Waals surface area contributed by atoms with Crippen LogP contribution in [-0.4, -0.2) is 17.5 Å². The Morgan fingerprint density at radius 1 is 1.61 bits per heavy atom. The Hall–Kier alpha value is -0.670. The van der Waals surface area contributed by atoms with Crippen molar-refractivity contribution in [3.05, 3.63) is 29.6 Å². The van der Waals surface area contributed by atoms with Crippen LogP contribution in [0.4, 0.5) is 0 Å². The van der Waals surface area contributed by atoms with Gasteiger partial charge in [-0.05, 0) is 17.9 Å². The summed E-state index contributed by atoms with van der Waals surface area (Å²) in [7, 11) is -0.824. The Morgan fingerprint density at radius 2 is 2.28 bits per heavy atom. The second-order valence-corrected chi connectivity index (χ2v) is 7.23. The lowest BCUT2D eigenvalue weighted by molar-refractivity contribution is -0.107. The first-order chi connectivity index (χ1) is 8.41. The molecule has 0 amide bonds. The van der Waals surface area contributed by atoms with Crippen LogP contribution < -0.4 is 0 Å². The molecule has 0 saturated carbocycles. The minimum Gasteiger partial charge on any atom is -0.302 e. The number of alkyl halides is 3. The molecule has 0 aliphatic carbocycles. The van der Waals surface area contributed by atoms with E-state index in [0.717, 1.165) is 0 Å². The Bertz CT molecular complexity index is 522. The van der Waals surface area contributed by atoms with E-state index >= 15 is 0 Å². The highest BCUT2D eigenvalue weighted by Crippen LogP contribution is 2.40. The van der Waals surface area contributed by atoms with Crippen LogP contribution in [0.2, 0.25) is 0 Å². The van der Waals surface area contributed by atoms with E-state index in [9.17, 15) is 4.79 Å². The van der Waals surface area contributed by atoms with Crippen molar-refractivity contribution >= 4 is 51.8 Å². The molecular formula is C10H8Cl3N3OS. The highest BCUT2D eigenvalue weighted by molar-refractivity contribution is 7.87. The maximum absolute atomic E-state index is 11.2. The summed E-state index contributed by atoms with van der Waals surface area (Å²) in [5.74, 6) is 0. The van der Waals surface area contributed by atoms with Gasteiger partial charge in [-0.2, -0.15) is 9.62 Å². The lowest BCUT2D eigenvalue weighted by atomic mass is 10.1. The summed E-state index contributed by atoms with van der Waals surface area (Å²) in [6, 6.07) is 3.27. The molecule has 96 valence electrons. The molecule has 8 heteroatoms. The summed E-state index contributed by atoms with van der Waals surface area (Å²) >= 11 is 17.4. The predicted molar refractivity (Wildman–Crippen MR) is 73.6 cm³/mol. The summed E-state index contributed by atoms with van der Waals surface area (Å²) in [5.41, 5.74) is 0.650. The molecule has 0 aliphatic heterocycles. The third kappa shape index (κ3) is 3.66. The minimum absolute atomic E-state index is 0.180. The fourth-order valence-electron chi connectivity index (χ4n) is 1.34. The van der Waals surface area contributed by atoms with E-state index in [-0.39, 0.29) is 5.69 Å². The molecule has 1 aromatic heterocycles. The Labute approximate surface area is 122 Å². The average Bonchev–Trinajstić information content (AvgIpc) is 2.29. The van der Waals surface area contributed by atoms with E-state index in [2.05, 4.69) is 9.35 Å². The molecule has 18 heavy (non-hydrogen) atoms. The fourth-order valence-corrected chi connectivity index (χ4v) is 2.78. The molecule has 2 atom stereocenters. The SMILES string of the molecule is CS(=NC#N)C(C=O)c1cccnc1C(Cl)(Cl)Cl. The van der Waals surface area contributed by atoms with Crippen molar-refractivity contribution in [3.8, 4) is 6.19 Å². The highest BCUT2D eigenvalue weighted by atomic mass is 35.6. The Balaban J connectivity index is 3.36. The molecule has 0 aromatic carbocycles. The van der Waals surface area contributed by atoms with Gasteiger partial charge in [0.1, 0.15) is 6.29 Å². The number of carbonyl (C=O) groups is 1. The zero-order valence-corrected chi connectivity index (χ0v) is 12.3. The molecular weight excluding hydrogens is 317 g/mol. The Morgan fingerprint density at radius 3 is 2.78 bits per heavy atom. The first kappa shape index (κ1) is 15.4. The zero-order chi connectivity index (χ0) is 13.8. The monoisotopic (exact) mass is 323 g/mol. The van der Waals surface area contributed by atoms with Crippen molar-refractivity contribution in [1.29, 1.82) is 5.26 Å². The first-order valence-corrected chi connectivity index (χ1v) is 7.42. The summed E-state index contributed by atoms with van der Waals surface area (Å²) < 4.78 is 1.91. The van der Waals surface area contributed by atoms with Gasteiger partial charge in [-0.25, -0.2) is 0 Å². The number of nitrogens with zero attached hydrogens (tertiary/aromatic N) is 3. The van der Waals surface area contributed by atoms with E-state index in [1.807, 2.05) is 0 Å². The molecule has 0 aliphatic rings. The minimum atomic E-state index is -1.73. The van der Waals surface area contributed by atoms with Crippen LogP contribution >= 0.6 is 34.8 Å². The number of halogens is 3. The van der Waals surface area contributed by atoms with Crippen LogP contribution in [0.25, 0.3) is 0 Å². The van der Waals surface area contributed by atoms with Gasteiger partial charge in [-0.15, -0.1) is 0 Å². The van der Waals surface area contributed by atoms with Crippen LogP contribution in [-0.2, 0) is 19.3 Å². The van der Waals surface area contributed by atoms with Crippen molar-refractivity contribution in [3.63, 3.8) is 0 Å². The number of nitriles is 1. The van der Waals surface area contributed by atoms with Crippen molar-refractivity contribution in [2.45, 2.75) is 9.04 Å². The molecule has 1 aromatic rings. The molecule has 0 bridgehead atoms. The van der Waals surface area contributed by atoms with Gasteiger partial charge in [0, 0.05) is 6.20 Å². The molecule has 0 radical (unpaired) electrons. The predicted octanol–water partition coefficient (Wildman–Crippen LogP) is 3.06. The molecule has 0 spiro atoms. The fraction of sp³-hybridized carbons (Fsp3) is 0.300. The van der Waals surface area contributed by atoms with Gasteiger partial charge in [-0.3, -0.25) is 4.98 Å². The molecule has 0 N–H and O–H groups in total. The van der Waals surface area contributed by atoms with Crippen molar-refractivity contribution in [1.82, 2.24) is 4.98 Å². The van der Waals surface area contributed by atoms with E-state index in [4.69, 9.17) is 40.1 Å². The number of hydrogen-bond acceptors (Lipinski definition) is 4. The topological polar surface area (TPSA) is 66.1 Å². The third-order valence-corrected chi connectivity index (χ3v) is 4.10. The molecule has 2 unspecified atom stereocenters. The van der Waals surface area contributed by atoms with Gasteiger partial charge < -0.3 is 4.79 Å². The Kier molecular flexibility index (Phi) is 5.54. The average molecular weight is 325 g/mol. The summed E-state index contributed by atoms with van der Waals surface area (Å²) in [5, 5.41) is 7.89. The van der Waals surface area contributed by atoms with Crippen molar-refractivity contribution < 1.29 is 4.79 Å². The van der Waals surface area contributed by atoms with Crippen LogP contribution in [0.1, 0.15) is 16.5 Å². The maximum Gasteiger partial charge on any atom is 0.232 e. The zero-order valence-electron chi connectivity index (χ0n) is 9.18. The van der Waals surface area contributed by atoms with Crippen LogP contribution in [0.5, 0.6) is 0 Å². The van der Waals surface area contributed by atoms with Crippen molar-refractivity contribution in [2.24, 2.45) is 4.36 Å². The summed E-state index contributed by atoms with van der Waals surface area (Å²) in [6.45, 7) is 0. The van der Waals surface area contributed by atoms with E-state index in [1.54, 1.807) is 24.6 Å². The van der Waals surface area contributed by atoms with Crippen LogP contribution in [0.15, 0.2) is 22.7 Å². The molecule has 0 fully saturated rings. The van der Waals surface area contributed by atoms with Crippen LogP contribution in [0.3, 0.4) is 0 Å². The van der Waals surface area contributed by atoms with E-state index in [0.29, 0.717) is 11.8 Å². The highest BCUT2D eigenvalue weighted by Gasteiger charge is 2.31. The van der Waals surface area contributed by atoms with E-state index < -0.39 is 19.7 Å². The largest absolute Gasteiger partial charge is 0.302 e. The number of rotatable bonds is 3. The van der Waals surface area contributed by atoms with Gasteiger partial charge >= 0.3 is 0 Å². The van der Waals surface area contributed by atoms with Gasteiger partial charge in [0.05, 0.1) is 10.9 Å². The lowest BCUT2D eigenvalue weighted by Crippen LogP contribution is -2.15. The number of aldehydes is 1. The van der Waals surface area contributed by atoms with Crippen molar-refractivity contribution in [2.75, 3.05) is 6.26 Å². The number of hydrogen-bond donors (Lipinski definition) is 0. The van der Waals surface area contributed by atoms with Gasteiger partial charge in [-0.1, -0.05) is 51.6 Å². The van der Waals surface area contributed by atoms with Gasteiger partial charge in [0.15, 0.2) is 0 Å². The van der Waals surface area contributed by atoms with Gasteiger partial charge in [0.25, 0.3) is 0 Å². The maximum atomic E-state index is 11.2. The summed E-state index contributed by atoms with van der Waals surface area (Å²) in [4.78, 5) is 15.2. The normalized spacial score (nSPS) is 14.8. The molecule has 1 heterocycles. The number of pyridine rings is 1. The second kappa shape index (κ2) is 6.48. The molecule has 4 nitrogen and oxygen atoms in total. The molecule has 0 saturated heterocycles. The third-order valence-electron chi connectivity index (χ3n) is 2.09. The van der Waals surface area contributed by atoms with Gasteiger partial charge in [0.2, 0.25) is 9.99 Å². The quantitative estimate of drug-likeness (QED) is 0.487. The second-order valence-electron chi connectivity index (χ2n) is 3.21. The summed E-state index contributed by atoms with van der Waals surface area (Å²) in [6.07, 6.45) is 5.48. The van der Waals surface area contributed by atoms with Crippen LogP contribution in [0, 0.1) is 11.5 Å². The first-order valence-electron chi connectivity index (χ1n) is 4.64. The molecule has 1 rings (SSSR count). The standard InChI is InChI=1S/C10H8Cl3N3OS/c1-18(16-6-14)8(5-17)7-3-2-4-15-9(7)10(11,12)13/h2-5,8H,1H3. The number of aromatic nitrogens is 1. The van der Waals surface area contributed by atoms with E-state index in [1.165, 1.54) is 6.20 Å². The number of carbonyl (C=O) groups excluding carboxylic acids is 1. The smallest absolute Gasteiger partial charge is 0.232 e. The lowest BCUT2D eigenvalue weighted by Gasteiger charge is -2.18.